The van der Waals surface area contributed by atoms with Gasteiger partial charge in [-0.25, -0.2) is 0 Å². The van der Waals surface area contributed by atoms with Crippen molar-refractivity contribution in [2.24, 2.45) is 0 Å². The van der Waals surface area contributed by atoms with Gasteiger partial charge in [0.2, 0.25) is 0 Å². The predicted molar refractivity (Wildman–Crippen MR) is 53.1 cm³/mol. The monoisotopic (exact) mass is 208 g/mol. The van der Waals surface area contributed by atoms with Crippen LogP contribution in [0.2, 0.25) is 0 Å². The van der Waals surface area contributed by atoms with Crippen LogP contribution in [0.15, 0.2) is 23.0 Å². The Morgan fingerprint density at radius 1 is 1.07 bits per heavy atom. The first kappa shape index (κ1) is 11.4. The standard InChI is InChI=1S/C11H12O4/c1-6(12)9-4-15-5-10(7(2)13)11(9)8(3)14/h4H,5H2,1-3H3. The predicted octanol–water partition coefficient (Wildman–Crippen LogP) is 0.964. The van der Waals surface area contributed by atoms with E-state index in [1.165, 1.54) is 27.0 Å². The molecule has 0 fully saturated rings. The fourth-order valence-corrected chi connectivity index (χ4v) is 1.44. The molecule has 0 radical (unpaired) electrons. The van der Waals surface area contributed by atoms with E-state index < -0.39 is 0 Å². The van der Waals surface area contributed by atoms with Crippen molar-refractivity contribution in [1.82, 2.24) is 0 Å². The van der Waals surface area contributed by atoms with Crippen molar-refractivity contribution in [2.75, 3.05) is 6.61 Å². The minimum atomic E-state index is -0.287. The second-order valence-electron chi connectivity index (χ2n) is 3.36. The van der Waals surface area contributed by atoms with Crippen LogP contribution in [0.5, 0.6) is 0 Å². The average molecular weight is 208 g/mol. The maximum absolute atomic E-state index is 11.4. The Kier molecular flexibility index (Phi) is 3.19. The molecule has 0 N–H and O–H groups in total. The smallest absolute Gasteiger partial charge is 0.163 e. The largest absolute Gasteiger partial charge is 0.496 e. The first-order chi connectivity index (χ1) is 6.95. The Labute approximate surface area is 87.6 Å². The molecule has 0 spiro atoms. The van der Waals surface area contributed by atoms with E-state index in [1.54, 1.807) is 0 Å². The molecule has 80 valence electrons. The molecular weight excluding hydrogens is 196 g/mol. The van der Waals surface area contributed by atoms with E-state index in [9.17, 15) is 14.4 Å². The van der Waals surface area contributed by atoms with Crippen LogP contribution in [-0.4, -0.2) is 24.0 Å². The van der Waals surface area contributed by atoms with Gasteiger partial charge in [-0.2, -0.15) is 0 Å². The lowest BCUT2D eigenvalue weighted by Crippen LogP contribution is -2.20. The zero-order valence-electron chi connectivity index (χ0n) is 8.92. The van der Waals surface area contributed by atoms with Crippen LogP contribution in [0.1, 0.15) is 20.8 Å². The quantitative estimate of drug-likeness (QED) is 0.693. The fourth-order valence-electron chi connectivity index (χ4n) is 1.44. The van der Waals surface area contributed by atoms with Crippen LogP contribution in [0.4, 0.5) is 0 Å². The molecule has 0 unspecified atom stereocenters. The summed E-state index contributed by atoms with van der Waals surface area (Å²) >= 11 is 0. The molecule has 1 aliphatic heterocycles. The van der Waals surface area contributed by atoms with Gasteiger partial charge >= 0.3 is 0 Å². The number of ketones is 3. The van der Waals surface area contributed by atoms with Crippen LogP contribution in [-0.2, 0) is 19.1 Å². The summed E-state index contributed by atoms with van der Waals surface area (Å²) in [5.41, 5.74) is 0.649. The second-order valence-corrected chi connectivity index (χ2v) is 3.36. The van der Waals surface area contributed by atoms with E-state index in [1.807, 2.05) is 0 Å². The van der Waals surface area contributed by atoms with E-state index in [4.69, 9.17) is 4.74 Å². The Morgan fingerprint density at radius 2 is 1.67 bits per heavy atom. The van der Waals surface area contributed by atoms with Crippen molar-refractivity contribution in [2.45, 2.75) is 20.8 Å². The van der Waals surface area contributed by atoms with Crippen molar-refractivity contribution in [3.63, 3.8) is 0 Å². The van der Waals surface area contributed by atoms with Gasteiger partial charge in [-0.1, -0.05) is 0 Å². The molecule has 0 atom stereocenters. The van der Waals surface area contributed by atoms with Crippen LogP contribution < -0.4 is 0 Å². The van der Waals surface area contributed by atoms with Gasteiger partial charge in [0.05, 0.1) is 11.8 Å². The van der Waals surface area contributed by atoms with Gasteiger partial charge in [-0.3, -0.25) is 14.4 Å². The number of hydrogen-bond donors (Lipinski definition) is 0. The highest BCUT2D eigenvalue weighted by molar-refractivity contribution is 6.15. The summed E-state index contributed by atoms with van der Waals surface area (Å²) in [6.45, 7) is 4.08. The Bertz CT molecular complexity index is 399. The molecular formula is C11H12O4. The van der Waals surface area contributed by atoms with Gasteiger partial charge in [0.1, 0.15) is 6.61 Å². The fraction of sp³-hybridized carbons (Fsp3) is 0.364. The zero-order valence-corrected chi connectivity index (χ0v) is 8.92. The van der Waals surface area contributed by atoms with E-state index >= 15 is 0 Å². The average Bonchev–Trinajstić information content (AvgIpc) is 2.16. The first-order valence-corrected chi connectivity index (χ1v) is 4.53. The summed E-state index contributed by atoms with van der Waals surface area (Å²) in [5, 5.41) is 0. The van der Waals surface area contributed by atoms with Crippen molar-refractivity contribution >= 4 is 17.3 Å². The molecule has 0 aliphatic carbocycles. The van der Waals surface area contributed by atoms with Crippen LogP contribution in [0.3, 0.4) is 0 Å². The molecule has 1 rings (SSSR count). The normalized spacial score (nSPS) is 15.5. The van der Waals surface area contributed by atoms with Crippen molar-refractivity contribution in [1.29, 1.82) is 0 Å². The summed E-state index contributed by atoms with van der Waals surface area (Å²) in [5.74, 6) is -0.810. The van der Waals surface area contributed by atoms with Gasteiger partial charge in [0.25, 0.3) is 0 Å². The van der Waals surface area contributed by atoms with E-state index in [0.717, 1.165) is 0 Å². The summed E-state index contributed by atoms with van der Waals surface area (Å²) in [6, 6.07) is 0. The third-order valence-corrected chi connectivity index (χ3v) is 2.16. The SMILES string of the molecule is CC(=O)C1=COCC(C(C)=O)=C1C(C)=O. The van der Waals surface area contributed by atoms with Crippen molar-refractivity contribution in [3.8, 4) is 0 Å². The van der Waals surface area contributed by atoms with Crippen LogP contribution >= 0.6 is 0 Å². The van der Waals surface area contributed by atoms with E-state index in [2.05, 4.69) is 0 Å². The highest BCUT2D eigenvalue weighted by Gasteiger charge is 2.25. The highest BCUT2D eigenvalue weighted by atomic mass is 16.5. The Hall–Kier alpha value is -1.71. The number of allylic oxidation sites excluding steroid dienone is 2. The van der Waals surface area contributed by atoms with Gasteiger partial charge in [0, 0.05) is 11.1 Å². The molecule has 4 heteroatoms. The molecule has 1 heterocycles. The van der Waals surface area contributed by atoms with Crippen LogP contribution in [0.25, 0.3) is 0 Å². The molecule has 0 saturated carbocycles. The van der Waals surface area contributed by atoms with Gasteiger partial charge in [-0.05, 0) is 20.8 Å². The zero-order chi connectivity index (χ0) is 11.6. The maximum Gasteiger partial charge on any atom is 0.163 e. The molecule has 0 bridgehead atoms. The summed E-state index contributed by atoms with van der Waals surface area (Å²) in [7, 11) is 0. The number of rotatable bonds is 3. The molecule has 0 aromatic rings. The lowest BCUT2D eigenvalue weighted by Gasteiger charge is -2.17. The third-order valence-electron chi connectivity index (χ3n) is 2.16. The molecule has 0 aromatic carbocycles. The third kappa shape index (κ3) is 2.21. The topological polar surface area (TPSA) is 60.4 Å². The lowest BCUT2D eigenvalue weighted by molar-refractivity contribution is -0.117. The number of carbonyl (C=O) groups excluding carboxylic acids is 3. The molecule has 0 amide bonds. The lowest BCUT2D eigenvalue weighted by atomic mass is 9.92. The molecule has 1 aliphatic rings. The second kappa shape index (κ2) is 4.21. The summed E-state index contributed by atoms with van der Waals surface area (Å²) < 4.78 is 4.98. The molecule has 0 aromatic heterocycles. The molecule has 0 saturated heterocycles. The summed E-state index contributed by atoms with van der Waals surface area (Å²) in [6.07, 6.45) is 1.24. The maximum atomic E-state index is 11.4. The van der Waals surface area contributed by atoms with E-state index in [0.29, 0.717) is 0 Å². The highest BCUT2D eigenvalue weighted by Crippen LogP contribution is 2.22. The summed E-state index contributed by atoms with van der Waals surface area (Å²) in [4.78, 5) is 33.9. The number of Topliss-reactive ketones (excluding diaryl/α,β-unsaturated/α-hetero) is 3. The molecule has 4 nitrogen and oxygen atoms in total. The van der Waals surface area contributed by atoms with E-state index in [-0.39, 0.29) is 40.7 Å². The van der Waals surface area contributed by atoms with Crippen LogP contribution in [0, 0.1) is 0 Å². The number of carbonyl (C=O) groups is 3. The van der Waals surface area contributed by atoms with Gasteiger partial charge < -0.3 is 4.74 Å². The minimum Gasteiger partial charge on any atom is -0.496 e. The van der Waals surface area contributed by atoms with Gasteiger partial charge in [-0.15, -0.1) is 0 Å². The van der Waals surface area contributed by atoms with Gasteiger partial charge in [0.15, 0.2) is 17.3 Å². The minimum absolute atomic E-state index is 0.0566. The molecule has 15 heavy (non-hydrogen) atoms. The Balaban J connectivity index is 3.33. The van der Waals surface area contributed by atoms with Crippen molar-refractivity contribution in [3.05, 3.63) is 23.0 Å². The number of ether oxygens (including phenoxy) is 1. The number of hydrogen-bond acceptors (Lipinski definition) is 4. The first-order valence-electron chi connectivity index (χ1n) is 4.53. The van der Waals surface area contributed by atoms with Crippen molar-refractivity contribution < 1.29 is 19.1 Å². The Morgan fingerprint density at radius 3 is 2.07 bits per heavy atom.